The number of aromatic nitrogens is 3. The van der Waals surface area contributed by atoms with E-state index in [-0.39, 0.29) is 17.3 Å². The molecule has 0 spiro atoms. The molecule has 1 aromatic carbocycles. The number of carbonyl (C=O) groups is 1. The Morgan fingerprint density at radius 2 is 2.30 bits per heavy atom. The molecule has 1 N–H and O–H groups in total. The number of methoxy groups -OCH3 is 1. The van der Waals surface area contributed by atoms with Crippen LogP contribution in [0.1, 0.15) is 22.1 Å². The number of rotatable bonds is 4. The summed E-state index contributed by atoms with van der Waals surface area (Å²) in [5, 5.41) is 10.8. The van der Waals surface area contributed by atoms with Gasteiger partial charge in [0.05, 0.1) is 24.9 Å². The van der Waals surface area contributed by atoms with E-state index in [1.54, 1.807) is 10.9 Å². The van der Waals surface area contributed by atoms with Crippen molar-refractivity contribution in [3.63, 3.8) is 0 Å². The van der Waals surface area contributed by atoms with Gasteiger partial charge in [0.2, 0.25) is 5.78 Å². The van der Waals surface area contributed by atoms with Crippen molar-refractivity contribution in [3.8, 4) is 5.75 Å². The van der Waals surface area contributed by atoms with E-state index in [9.17, 15) is 9.18 Å². The molecule has 1 saturated heterocycles. The molecule has 0 saturated carbocycles. The number of carbonyl (C=O) groups excluding carboxylic acids is 1. The van der Waals surface area contributed by atoms with Crippen LogP contribution in [-0.4, -0.2) is 41.0 Å². The number of ether oxygens (including phenoxy) is 1. The molecule has 104 valence electrons. The summed E-state index contributed by atoms with van der Waals surface area (Å²) in [5.41, 5.74) is 0.102. The van der Waals surface area contributed by atoms with Crippen molar-refractivity contribution in [3.05, 3.63) is 41.5 Å². The summed E-state index contributed by atoms with van der Waals surface area (Å²) in [4.78, 5) is 12.2. The molecule has 3 rings (SSSR count). The van der Waals surface area contributed by atoms with Gasteiger partial charge in [0.25, 0.3) is 0 Å². The van der Waals surface area contributed by atoms with Gasteiger partial charge in [0.1, 0.15) is 11.6 Å². The van der Waals surface area contributed by atoms with Crippen LogP contribution in [0, 0.1) is 5.82 Å². The Balaban J connectivity index is 1.86. The first-order valence-corrected chi connectivity index (χ1v) is 6.20. The third kappa shape index (κ3) is 2.16. The second-order valence-electron chi connectivity index (χ2n) is 4.57. The van der Waals surface area contributed by atoms with Gasteiger partial charge in [-0.2, -0.15) is 0 Å². The van der Waals surface area contributed by atoms with E-state index in [0.717, 1.165) is 13.1 Å². The second-order valence-corrected chi connectivity index (χ2v) is 4.57. The maximum absolute atomic E-state index is 13.9. The van der Waals surface area contributed by atoms with Crippen molar-refractivity contribution in [2.75, 3.05) is 20.2 Å². The molecule has 1 aliphatic rings. The normalized spacial score (nSPS) is 14.9. The zero-order valence-corrected chi connectivity index (χ0v) is 10.8. The lowest BCUT2D eigenvalue weighted by Crippen LogP contribution is -2.43. The predicted octanol–water partition coefficient (Wildman–Crippen LogP) is 0.801. The quantitative estimate of drug-likeness (QED) is 0.837. The van der Waals surface area contributed by atoms with Gasteiger partial charge < -0.3 is 10.1 Å². The zero-order chi connectivity index (χ0) is 14.1. The molecule has 1 aliphatic heterocycles. The Bertz CT molecular complexity index is 652. The van der Waals surface area contributed by atoms with Crippen LogP contribution in [0.15, 0.2) is 24.4 Å². The van der Waals surface area contributed by atoms with Crippen LogP contribution < -0.4 is 10.1 Å². The van der Waals surface area contributed by atoms with E-state index in [1.807, 2.05) is 0 Å². The average Bonchev–Trinajstić information content (AvgIpc) is 2.85. The number of halogens is 1. The van der Waals surface area contributed by atoms with Crippen LogP contribution in [-0.2, 0) is 0 Å². The Morgan fingerprint density at radius 1 is 1.50 bits per heavy atom. The van der Waals surface area contributed by atoms with Crippen molar-refractivity contribution in [2.24, 2.45) is 0 Å². The predicted molar refractivity (Wildman–Crippen MR) is 68.3 cm³/mol. The van der Waals surface area contributed by atoms with Crippen LogP contribution >= 0.6 is 0 Å². The van der Waals surface area contributed by atoms with Crippen LogP contribution in [0.2, 0.25) is 0 Å². The van der Waals surface area contributed by atoms with E-state index in [1.165, 1.54) is 25.3 Å². The minimum Gasteiger partial charge on any atom is -0.497 e. The topological polar surface area (TPSA) is 69.0 Å². The SMILES string of the molecule is COc1ccc(C(=O)c2cn(C3CNC3)nn2)c(F)c1. The summed E-state index contributed by atoms with van der Waals surface area (Å²) < 4.78 is 20.4. The fourth-order valence-corrected chi connectivity index (χ4v) is 1.96. The molecule has 0 amide bonds. The molecular formula is C13H13FN4O2. The molecule has 0 unspecified atom stereocenters. The lowest BCUT2D eigenvalue weighted by molar-refractivity contribution is 0.103. The molecule has 2 aromatic rings. The minimum absolute atomic E-state index is 0.0374. The third-order valence-corrected chi connectivity index (χ3v) is 3.30. The molecule has 0 atom stereocenters. The van der Waals surface area contributed by atoms with Crippen LogP contribution in [0.3, 0.4) is 0 Å². The zero-order valence-electron chi connectivity index (χ0n) is 10.8. The molecule has 0 aliphatic carbocycles. The molecule has 0 bridgehead atoms. The number of hydrogen-bond donors (Lipinski definition) is 1. The molecule has 20 heavy (non-hydrogen) atoms. The number of nitrogens with zero attached hydrogens (tertiary/aromatic N) is 3. The highest BCUT2D eigenvalue weighted by atomic mass is 19.1. The molecule has 1 aromatic heterocycles. The Morgan fingerprint density at radius 3 is 2.90 bits per heavy atom. The molecule has 7 heteroatoms. The number of benzene rings is 1. The molecule has 1 fully saturated rings. The molecule has 2 heterocycles. The highest BCUT2D eigenvalue weighted by molar-refractivity contribution is 6.07. The summed E-state index contributed by atoms with van der Waals surface area (Å²) in [6.45, 7) is 1.60. The summed E-state index contributed by atoms with van der Waals surface area (Å²) in [6, 6.07) is 4.31. The van der Waals surface area contributed by atoms with E-state index >= 15 is 0 Å². The Kier molecular flexibility index (Phi) is 3.19. The van der Waals surface area contributed by atoms with Crippen molar-refractivity contribution >= 4 is 5.78 Å². The summed E-state index contributed by atoms with van der Waals surface area (Å²) in [5.74, 6) is -0.749. The Labute approximate surface area is 114 Å². The smallest absolute Gasteiger partial charge is 0.217 e. The number of hydrogen-bond acceptors (Lipinski definition) is 5. The van der Waals surface area contributed by atoms with Gasteiger partial charge in [0.15, 0.2) is 5.69 Å². The third-order valence-electron chi connectivity index (χ3n) is 3.30. The second kappa shape index (κ2) is 5.01. The summed E-state index contributed by atoms with van der Waals surface area (Å²) in [7, 11) is 1.44. The fourth-order valence-electron chi connectivity index (χ4n) is 1.96. The van der Waals surface area contributed by atoms with E-state index in [0.29, 0.717) is 5.75 Å². The van der Waals surface area contributed by atoms with Crippen molar-refractivity contribution in [1.29, 1.82) is 0 Å². The summed E-state index contributed by atoms with van der Waals surface area (Å²) in [6.07, 6.45) is 1.55. The highest BCUT2D eigenvalue weighted by Gasteiger charge is 2.23. The molecule has 6 nitrogen and oxygen atoms in total. The van der Waals surface area contributed by atoms with Gasteiger partial charge in [0, 0.05) is 19.2 Å². The molecular weight excluding hydrogens is 263 g/mol. The maximum Gasteiger partial charge on any atom is 0.217 e. The van der Waals surface area contributed by atoms with E-state index in [2.05, 4.69) is 15.6 Å². The first-order valence-electron chi connectivity index (χ1n) is 6.20. The van der Waals surface area contributed by atoms with Gasteiger partial charge in [-0.1, -0.05) is 5.21 Å². The Hall–Kier alpha value is -2.28. The lowest BCUT2D eigenvalue weighted by Gasteiger charge is -2.26. The minimum atomic E-state index is -0.630. The first kappa shape index (κ1) is 12.7. The van der Waals surface area contributed by atoms with Gasteiger partial charge in [-0.15, -0.1) is 5.10 Å². The van der Waals surface area contributed by atoms with Crippen LogP contribution in [0.25, 0.3) is 0 Å². The lowest BCUT2D eigenvalue weighted by atomic mass is 10.1. The molecule has 0 radical (unpaired) electrons. The number of nitrogens with one attached hydrogen (secondary N) is 1. The highest BCUT2D eigenvalue weighted by Crippen LogP contribution is 2.19. The fraction of sp³-hybridized carbons (Fsp3) is 0.308. The van der Waals surface area contributed by atoms with Crippen molar-refractivity contribution in [2.45, 2.75) is 6.04 Å². The average molecular weight is 276 g/mol. The van der Waals surface area contributed by atoms with E-state index in [4.69, 9.17) is 4.74 Å². The van der Waals surface area contributed by atoms with E-state index < -0.39 is 11.6 Å². The standard InChI is InChI=1S/C13H13FN4O2/c1-20-9-2-3-10(11(14)4-9)13(19)12-7-18(17-16-12)8-5-15-6-8/h2-4,7-8,15H,5-6H2,1H3. The van der Waals surface area contributed by atoms with Crippen LogP contribution in [0.5, 0.6) is 5.75 Å². The van der Waals surface area contributed by atoms with Gasteiger partial charge in [-0.05, 0) is 12.1 Å². The van der Waals surface area contributed by atoms with Gasteiger partial charge in [-0.3, -0.25) is 4.79 Å². The summed E-state index contributed by atoms with van der Waals surface area (Å²) >= 11 is 0. The van der Waals surface area contributed by atoms with Gasteiger partial charge >= 0.3 is 0 Å². The number of ketones is 1. The largest absolute Gasteiger partial charge is 0.497 e. The first-order chi connectivity index (χ1) is 9.69. The monoisotopic (exact) mass is 276 g/mol. The van der Waals surface area contributed by atoms with Crippen molar-refractivity contribution < 1.29 is 13.9 Å². The van der Waals surface area contributed by atoms with Crippen LogP contribution in [0.4, 0.5) is 4.39 Å². The van der Waals surface area contributed by atoms with Crippen molar-refractivity contribution in [1.82, 2.24) is 20.3 Å². The maximum atomic E-state index is 13.9. The van der Waals surface area contributed by atoms with Gasteiger partial charge in [-0.25, -0.2) is 9.07 Å².